The smallest absolute Gasteiger partial charge is 0.229 e. The standard InChI is InChI=1S/C15H20ClNO/c1-10(2)15(18)17-11(3)8-13-9-12(6-7-16)4-5-14(13)17/h4-5,9-11H,6-8H2,1-3H3. The number of nitrogens with zero attached hydrogens (tertiary/aromatic N) is 1. The first kappa shape index (κ1) is 13.4. The number of alkyl halides is 1. The van der Waals surface area contributed by atoms with Crippen LogP contribution in [0.25, 0.3) is 0 Å². The largest absolute Gasteiger partial charge is 0.309 e. The Morgan fingerprint density at radius 1 is 1.50 bits per heavy atom. The Labute approximate surface area is 114 Å². The molecule has 0 spiro atoms. The molecule has 0 aromatic heterocycles. The van der Waals surface area contributed by atoms with Crippen LogP contribution in [0, 0.1) is 5.92 Å². The van der Waals surface area contributed by atoms with Crippen molar-refractivity contribution in [1.82, 2.24) is 0 Å². The normalized spacial score (nSPS) is 18.3. The van der Waals surface area contributed by atoms with Gasteiger partial charge in [0, 0.05) is 23.5 Å². The molecule has 0 saturated heterocycles. The Morgan fingerprint density at radius 2 is 2.22 bits per heavy atom. The van der Waals surface area contributed by atoms with E-state index in [0.29, 0.717) is 5.88 Å². The van der Waals surface area contributed by atoms with Crippen molar-refractivity contribution >= 4 is 23.2 Å². The summed E-state index contributed by atoms with van der Waals surface area (Å²) in [6, 6.07) is 6.61. The Kier molecular flexibility index (Phi) is 3.96. The van der Waals surface area contributed by atoms with E-state index in [1.54, 1.807) is 0 Å². The number of halogens is 1. The molecule has 1 aliphatic rings. The van der Waals surface area contributed by atoms with Gasteiger partial charge in [-0.3, -0.25) is 4.79 Å². The van der Waals surface area contributed by atoms with Gasteiger partial charge in [-0.05, 0) is 37.0 Å². The Morgan fingerprint density at radius 3 is 2.83 bits per heavy atom. The second-order valence-electron chi connectivity index (χ2n) is 5.32. The molecule has 2 rings (SSSR count). The van der Waals surface area contributed by atoms with Crippen LogP contribution < -0.4 is 4.90 Å². The molecular weight excluding hydrogens is 246 g/mol. The van der Waals surface area contributed by atoms with E-state index in [1.807, 2.05) is 18.7 Å². The number of aryl methyl sites for hydroxylation is 1. The van der Waals surface area contributed by atoms with Crippen LogP contribution in [0.1, 0.15) is 31.9 Å². The molecule has 0 aliphatic carbocycles. The monoisotopic (exact) mass is 265 g/mol. The lowest BCUT2D eigenvalue weighted by molar-refractivity contribution is -0.121. The molecule has 1 aromatic rings. The van der Waals surface area contributed by atoms with Gasteiger partial charge in [-0.15, -0.1) is 11.6 Å². The SMILES string of the molecule is CC(C)C(=O)N1c2ccc(CCCl)cc2CC1C. The van der Waals surface area contributed by atoms with E-state index in [4.69, 9.17) is 11.6 Å². The average molecular weight is 266 g/mol. The first-order valence-electron chi connectivity index (χ1n) is 6.55. The predicted molar refractivity (Wildman–Crippen MR) is 76.4 cm³/mol. The summed E-state index contributed by atoms with van der Waals surface area (Å²) in [4.78, 5) is 14.2. The van der Waals surface area contributed by atoms with Crippen molar-refractivity contribution in [2.24, 2.45) is 5.92 Å². The number of amides is 1. The van der Waals surface area contributed by atoms with Crippen LogP contribution in [-0.2, 0) is 17.6 Å². The minimum Gasteiger partial charge on any atom is -0.309 e. The Bertz CT molecular complexity index is 456. The summed E-state index contributed by atoms with van der Waals surface area (Å²) < 4.78 is 0. The van der Waals surface area contributed by atoms with Crippen LogP contribution in [0.15, 0.2) is 18.2 Å². The zero-order chi connectivity index (χ0) is 13.3. The van der Waals surface area contributed by atoms with Crippen LogP contribution in [0.3, 0.4) is 0 Å². The molecule has 0 saturated carbocycles. The van der Waals surface area contributed by atoms with Gasteiger partial charge in [-0.1, -0.05) is 26.0 Å². The molecule has 2 nitrogen and oxygen atoms in total. The summed E-state index contributed by atoms with van der Waals surface area (Å²) in [5, 5.41) is 0. The fourth-order valence-electron chi connectivity index (χ4n) is 2.56. The summed E-state index contributed by atoms with van der Waals surface area (Å²) in [6.45, 7) is 6.02. The van der Waals surface area contributed by atoms with Gasteiger partial charge in [-0.2, -0.15) is 0 Å². The highest BCUT2D eigenvalue weighted by molar-refractivity contribution is 6.18. The lowest BCUT2D eigenvalue weighted by atomic mass is 10.1. The van der Waals surface area contributed by atoms with Gasteiger partial charge in [0.05, 0.1) is 0 Å². The summed E-state index contributed by atoms with van der Waals surface area (Å²) in [7, 11) is 0. The van der Waals surface area contributed by atoms with Crippen molar-refractivity contribution in [3.8, 4) is 0 Å². The molecule has 3 heteroatoms. The van der Waals surface area contributed by atoms with Crippen molar-refractivity contribution in [2.75, 3.05) is 10.8 Å². The molecular formula is C15H20ClNO. The molecule has 1 unspecified atom stereocenters. The van der Waals surface area contributed by atoms with Crippen molar-refractivity contribution in [3.05, 3.63) is 29.3 Å². The van der Waals surface area contributed by atoms with Crippen LogP contribution in [-0.4, -0.2) is 17.8 Å². The van der Waals surface area contributed by atoms with Gasteiger partial charge in [0.2, 0.25) is 5.91 Å². The van der Waals surface area contributed by atoms with E-state index >= 15 is 0 Å². The molecule has 0 fully saturated rings. The van der Waals surface area contributed by atoms with Crippen LogP contribution in [0.4, 0.5) is 5.69 Å². The van der Waals surface area contributed by atoms with Gasteiger partial charge in [0.15, 0.2) is 0 Å². The summed E-state index contributed by atoms with van der Waals surface area (Å²) in [5.41, 5.74) is 3.62. The van der Waals surface area contributed by atoms with Gasteiger partial charge >= 0.3 is 0 Å². The number of benzene rings is 1. The number of carbonyl (C=O) groups is 1. The highest BCUT2D eigenvalue weighted by Gasteiger charge is 2.31. The van der Waals surface area contributed by atoms with Crippen LogP contribution in [0.2, 0.25) is 0 Å². The zero-order valence-electron chi connectivity index (χ0n) is 11.2. The summed E-state index contributed by atoms with van der Waals surface area (Å²) in [5.74, 6) is 0.899. The number of rotatable bonds is 3. The Balaban J connectivity index is 2.32. The maximum absolute atomic E-state index is 12.2. The van der Waals surface area contributed by atoms with E-state index in [-0.39, 0.29) is 17.9 Å². The number of hydrogen-bond donors (Lipinski definition) is 0. The molecule has 1 heterocycles. The molecule has 98 valence electrons. The number of anilines is 1. The highest BCUT2D eigenvalue weighted by atomic mass is 35.5. The van der Waals surface area contributed by atoms with Crippen LogP contribution >= 0.6 is 11.6 Å². The number of fused-ring (bicyclic) bond motifs is 1. The highest BCUT2D eigenvalue weighted by Crippen LogP contribution is 2.34. The first-order valence-corrected chi connectivity index (χ1v) is 7.09. The molecule has 1 atom stereocenters. The van der Waals surface area contributed by atoms with E-state index in [1.165, 1.54) is 11.1 Å². The summed E-state index contributed by atoms with van der Waals surface area (Å²) in [6.07, 6.45) is 1.84. The fraction of sp³-hybridized carbons (Fsp3) is 0.533. The lowest BCUT2D eigenvalue weighted by Gasteiger charge is -2.24. The molecule has 1 aliphatic heterocycles. The second kappa shape index (κ2) is 5.31. The molecule has 18 heavy (non-hydrogen) atoms. The quantitative estimate of drug-likeness (QED) is 0.767. The maximum Gasteiger partial charge on any atom is 0.229 e. The van der Waals surface area contributed by atoms with E-state index in [0.717, 1.165) is 18.5 Å². The molecule has 0 radical (unpaired) electrons. The Hall–Kier alpha value is -1.02. The van der Waals surface area contributed by atoms with Crippen molar-refractivity contribution in [1.29, 1.82) is 0 Å². The second-order valence-corrected chi connectivity index (χ2v) is 5.70. The summed E-state index contributed by atoms with van der Waals surface area (Å²) >= 11 is 5.77. The van der Waals surface area contributed by atoms with Gasteiger partial charge in [0.1, 0.15) is 0 Å². The van der Waals surface area contributed by atoms with Gasteiger partial charge in [-0.25, -0.2) is 0 Å². The molecule has 0 N–H and O–H groups in total. The van der Waals surface area contributed by atoms with Crippen molar-refractivity contribution in [2.45, 2.75) is 39.7 Å². The van der Waals surface area contributed by atoms with E-state index in [2.05, 4.69) is 25.1 Å². The lowest BCUT2D eigenvalue weighted by Crippen LogP contribution is -2.38. The third-order valence-corrected chi connectivity index (χ3v) is 3.66. The van der Waals surface area contributed by atoms with Crippen molar-refractivity contribution in [3.63, 3.8) is 0 Å². The molecule has 0 bridgehead atoms. The minimum absolute atomic E-state index is 0.0425. The van der Waals surface area contributed by atoms with Gasteiger partial charge in [0.25, 0.3) is 0 Å². The zero-order valence-corrected chi connectivity index (χ0v) is 12.0. The average Bonchev–Trinajstić information content (AvgIpc) is 2.63. The van der Waals surface area contributed by atoms with Crippen molar-refractivity contribution < 1.29 is 4.79 Å². The third kappa shape index (κ3) is 2.39. The van der Waals surface area contributed by atoms with E-state index < -0.39 is 0 Å². The van der Waals surface area contributed by atoms with Gasteiger partial charge < -0.3 is 4.90 Å². The fourth-order valence-corrected chi connectivity index (χ4v) is 2.78. The number of carbonyl (C=O) groups excluding carboxylic acids is 1. The first-order chi connectivity index (χ1) is 8.54. The van der Waals surface area contributed by atoms with Crippen LogP contribution in [0.5, 0.6) is 0 Å². The topological polar surface area (TPSA) is 20.3 Å². The minimum atomic E-state index is 0.0425. The maximum atomic E-state index is 12.2. The third-order valence-electron chi connectivity index (χ3n) is 3.47. The van der Waals surface area contributed by atoms with E-state index in [9.17, 15) is 4.79 Å². The molecule has 1 amide bonds. The number of hydrogen-bond acceptors (Lipinski definition) is 1. The molecule has 1 aromatic carbocycles. The predicted octanol–water partition coefficient (Wildman–Crippen LogP) is 3.40.